The molecule has 6 heteroatoms. The Hall–Kier alpha value is -1.43. The van der Waals surface area contributed by atoms with Gasteiger partial charge in [0, 0.05) is 12.5 Å². The fourth-order valence-corrected chi connectivity index (χ4v) is 3.49. The largest absolute Gasteiger partial charge is 0.383 e. The van der Waals surface area contributed by atoms with Crippen LogP contribution in [-0.4, -0.2) is 19.5 Å². The quantitative estimate of drug-likeness (QED) is 0.912. The number of nitrogen functional groups attached to an aromatic ring is 1. The summed E-state index contributed by atoms with van der Waals surface area (Å²) in [5, 5.41) is 0. The number of halogens is 1. The number of nitrogens with zero attached hydrogens (tertiary/aromatic N) is 4. The van der Waals surface area contributed by atoms with Crippen LogP contribution in [0.25, 0.3) is 11.5 Å². The predicted octanol–water partition coefficient (Wildman–Crippen LogP) is 3.75. The zero-order valence-electron chi connectivity index (χ0n) is 12.2. The molecule has 5 nitrogen and oxygen atoms in total. The lowest BCUT2D eigenvalue weighted by Gasteiger charge is -2.14. The first-order valence-corrected chi connectivity index (χ1v) is 8.33. The monoisotopic (exact) mass is 349 g/mol. The molecule has 0 aliphatic heterocycles. The van der Waals surface area contributed by atoms with Gasteiger partial charge in [0.05, 0.1) is 22.7 Å². The van der Waals surface area contributed by atoms with Gasteiger partial charge in [-0.05, 0) is 35.2 Å². The normalized spacial score (nSPS) is 15.7. The van der Waals surface area contributed by atoms with Gasteiger partial charge in [-0.15, -0.1) is 0 Å². The maximum absolute atomic E-state index is 6.09. The number of aromatic nitrogens is 4. The third-order valence-electron chi connectivity index (χ3n) is 4.05. The Balaban J connectivity index is 2.04. The summed E-state index contributed by atoms with van der Waals surface area (Å²) in [5.41, 5.74) is 8.09. The van der Waals surface area contributed by atoms with Crippen molar-refractivity contribution in [2.75, 3.05) is 5.73 Å². The Morgan fingerprint density at radius 1 is 1.33 bits per heavy atom. The molecule has 2 heterocycles. The summed E-state index contributed by atoms with van der Waals surface area (Å²) in [6.45, 7) is 3.05. The maximum atomic E-state index is 6.09. The molecule has 0 saturated heterocycles. The van der Waals surface area contributed by atoms with Crippen LogP contribution in [0, 0.1) is 0 Å². The highest BCUT2D eigenvalue weighted by atomic mass is 79.9. The Morgan fingerprint density at radius 2 is 2.10 bits per heavy atom. The molecule has 0 atom stereocenters. The molecular formula is C15H20BrN5. The summed E-state index contributed by atoms with van der Waals surface area (Å²) in [5.74, 6) is 1.70. The van der Waals surface area contributed by atoms with Crippen molar-refractivity contribution >= 4 is 21.7 Å². The number of rotatable bonds is 4. The molecule has 0 aromatic carbocycles. The number of hydrogen-bond acceptors (Lipinski definition) is 4. The van der Waals surface area contributed by atoms with E-state index < -0.39 is 0 Å². The first kappa shape index (κ1) is 14.5. The van der Waals surface area contributed by atoms with Crippen LogP contribution in [0.3, 0.4) is 0 Å². The van der Waals surface area contributed by atoms with Crippen LogP contribution in [0.4, 0.5) is 5.82 Å². The Morgan fingerprint density at radius 3 is 2.81 bits per heavy atom. The molecule has 112 valence electrons. The second kappa shape index (κ2) is 6.13. The highest BCUT2D eigenvalue weighted by Crippen LogP contribution is 2.38. The van der Waals surface area contributed by atoms with Crippen LogP contribution in [-0.2, 0) is 6.54 Å². The summed E-state index contributed by atoms with van der Waals surface area (Å²) in [6, 6.07) is 0. The van der Waals surface area contributed by atoms with Gasteiger partial charge in [-0.1, -0.05) is 19.8 Å². The smallest absolute Gasteiger partial charge is 0.180 e. The van der Waals surface area contributed by atoms with Crippen LogP contribution < -0.4 is 5.73 Å². The van der Waals surface area contributed by atoms with Crippen molar-refractivity contribution in [3.8, 4) is 11.5 Å². The molecule has 0 amide bonds. The molecule has 1 saturated carbocycles. The van der Waals surface area contributed by atoms with Crippen LogP contribution in [0.15, 0.2) is 17.0 Å². The number of aryl methyl sites for hydroxylation is 1. The zero-order valence-corrected chi connectivity index (χ0v) is 13.8. The van der Waals surface area contributed by atoms with Crippen molar-refractivity contribution in [2.45, 2.75) is 51.5 Å². The number of hydrogen-bond donors (Lipinski definition) is 1. The average molecular weight is 350 g/mol. The van der Waals surface area contributed by atoms with Gasteiger partial charge in [0.25, 0.3) is 0 Å². The van der Waals surface area contributed by atoms with Crippen LogP contribution >= 0.6 is 15.9 Å². The average Bonchev–Trinajstić information content (AvgIpc) is 3.13. The van der Waals surface area contributed by atoms with E-state index in [2.05, 4.69) is 37.4 Å². The highest BCUT2D eigenvalue weighted by molar-refractivity contribution is 9.10. The lowest BCUT2D eigenvalue weighted by molar-refractivity contribution is 0.673. The summed E-state index contributed by atoms with van der Waals surface area (Å²) < 4.78 is 2.95. The minimum absolute atomic E-state index is 0.492. The third-order valence-corrected chi connectivity index (χ3v) is 4.86. The zero-order chi connectivity index (χ0) is 14.8. The SMILES string of the molecule is CCCn1cncc1-c1nc(N)c(Br)c(C2CCCC2)n1. The van der Waals surface area contributed by atoms with Crippen molar-refractivity contribution in [2.24, 2.45) is 0 Å². The molecule has 2 N–H and O–H groups in total. The van der Waals surface area contributed by atoms with Crippen molar-refractivity contribution in [1.29, 1.82) is 0 Å². The van der Waals surface area contributed by atoms with E-state index in [1.54, 1.807) is 0 Å². The molecule has 2 aromatic rings. The van der Waals surface area contributed by atoms with Crippen molar-refractivity contribution in [1.82, 2.24) is 19.5 Å². The number of imidazole rings is 1. The van der Waals surface area contributed by atoms with Gasteiger partial charge >= 0.3 is 0 Å². The van der Waals surface area contributed by atoms with Gasteiger partial charge in [0.15, 0.2) is 5.82 Å². The minimum atomic E-state index is 0.492. The lowest BCUT2D eigenvalue weighted by Crippen LogP contribution is -2.08. The second-order valence-electron chi connectivity index (χ2n) is 5.59. The molecule has 1 aliphatic rings. The van der Waals surface area contributed by atoms with E-state index in [9.17, 15) is 0 Å². The fourth-order valence-electron chi connectivity index (χ4n) is 2.99. The summed E-state index contributed by atoms with van der Waals surface area (Å²) in [4.78, 5) is 13.5. The van der Waals surface area contributed by atoms with Crippen molar-refractivity contribution in [3.63, 3.8) is 0 Å². The summed E-state index contributed by atoms with van der Waals surface area (Å²) in [7, 11) is 0. The van der Waals surface area contributed by atoms with E-state index in [1.165, 1.54) is 25.7 Å². The Labute approximate surface area is 133 Å². The maximum Gasteiger partial charge on any atom is 0.180 e. The topological polar surface area (TPSA) is 69.6 Å². The Kier molecular flexibility index (Phi) is 4.24. The van der Waals surface area contributed by atoms with E-state index in [-0.39, 0.29) is 0 Å². The standard InChI is InChI=1S/C15H20BrN5/c1-2-7-21-9-18-8-11(21)15-19-13(10-5-3-4-6-10)12(16)14(17)20-15/h8-10H,2-7H2,1H3,(H2,17,19,20). The van der Waals surface area contributed by atoms with E-state index in [4.69, 9.17) is 10.7 Å². The molecular weight excluding hydrogens is 330 g/mol. The van der Waals surface area contributed by atoms with Crippen molar-refractivity contribution in [3.05, 3.63) is 22.7 Å². The first-order chi connectivity index (χ1) is 10.2. The molecule has 3 rings (SSSR count). The molecule has 1 aliphatic carbocycles. The van der Waals surface area contributed by atoms with E-state index in [0.29, 0.717) is 17.6 Å². The minimum Gasteiger partial charge on any atom is -0.383 e. The molecule has 0 bridgehead atoms. The molecule has 0 radical (unpaired) electrons. The molecule has 2 aromatic heterocycles. The summed E-state index contributed by atoms with van der Waals surface area (Å²) >= 11 is 3.56. The van der Waals surface area contributed by atoms with Gasteiger partial charge in [0.2, 0.25) is 0 Å². The van der Waals surface area contributed by atoms with Crippen LogP contribution in [0.5, 0.6) is 0 Å². The van der Waals surface area contributed by atoms with Crippen LogP contribution in [0.2, 0.25) is 0 Å². The van der Waals surface area contributed by atoms with E-state index in [1.807, 2.05) is 12.5 Å². The van der Waals surface area contributed by atoms with Crippen molar-refractivity contribution < 1.29 is 0 Å². The van der Waals surface area contributed by atoms with Gasteiger partial charge in [0.1, 0.15) is 11.5 Å². The Bertz CT molecular complexity index is 631. The first-order valence-electron chi connectivity index (χ1n) is 7.54. The number of anilines is 1. The van der Waals surface area contributed by atoms with Gasteiger partial charge in [-0.3, -0.25) is 0 Å². The fraction of sp³-hybridized carbons (Fsp3) is 0.533. The molecule has 0 unspecified atom stereocenters. The second-order valence-corrected chi connectivity index (χ2v) is 6.38. The number of nitrogens with two attached hydrogens (primary N) is 1. The molecule has 1 fully saturated rings. The predicted molar refractivity (Wildman–Crippen MR) is 86.9 cm³/mol. The van der Waals surface area contributed by atoms with E-state index >= 15 is 0 Å². The third kappa shape index (κ3) is 2.81. The van der Waals surface area contributed by atoms with E-state index in [0.717, 1.165) is 28.8 Å². The lowest BCUT2D eigenvalue weighted by atomic mass is 10.0. The van der Waals surface area contributed by atoms with Gasteiger partial charge in [-0.2, -0.15) is 0 Å². The van der Waals surface area contributed by atoms with Gasteiger partial charge in [-0.25, -0.2) is 15.0 Å². The molecule has 0 spiro atoms. The molecule has 21 heavy (non-hydrogen) atoms. The van der Waals surface area contributed by atoms with Crippen LogP contribution in [0.1, 0.15) is 50.6 Å². The van der Waals surface area contributed by atoms with Gasteiger partial charge < -0.3 is 10.3 Å². The summed E-state index contributed by atoms with van der Waals surface area (Å²) in [6.07, 6.45) is 9.59. The highest BCUT2D eigenvalue weighted by Gasteiger charge is 2.24.